The molecule has 1 fully saturated rings. The first kappa shape index (κ1) is 21.6. The van der Waals surface area contributed by atoms with Gasteiger partial charge in [-0.05, 0) is 49.1 Å². The highest BCUT2D eigenvalue weighted by atomic mass is 32.2. The van der Waals surface area contributed by atoms with Gasteiger partial charge in [0, 0.05) is 32.0 Å². The fourth-order valence-corrected chi connectivity index (χ4v) is 5.69. The third-order valence-corrected chi connectivity index (χ3v) is 8.14. The van der Waals surface area contributed by atoms with Crippen molar-refractivity contribution in [3.8, 4) is 5.75 Å². The Balaban J connectivity index is 1.58. The second kappa shape index (κ2) is 8.74. The number of pyridine rings is 1. The van der Waals surface area contributed by atoms with Crippen molar-refractivity contribution in [2.75, 3.05) is 26.7 Å². The number of aromatic nitrogens is 1. The molecule has 0 aliphatic carbocycles. The minimum atomic E-state index is -3.88. The summed E-state index contributed by atoms with van der Waals surface area (Å²) in [5.74, 6) is -0.816. The molecule has 1 aliphatic rings. The van der Waals surface area contributed by atoms with E-state index in [2.05, 4.69) is 9.71 Å². The molecule has 2 heterocycles. The summed E-state index contributed by atoms with van der Waals surface area (Å²) in [5, 5.41) is 0. The zero-order valence-electron chi connectivity index (χ0n) is 15.8. The van der Waals surface area contributed by atoms with Crippen LogP contribution in [0.5, 0.6) is 5.75 Å². The number of sulfonamides is 2. The topological polar surface area (TPSA) is 106 Å². The van der Waals surface area contributed by atoms with Crippen molar-refractivity contribution in [1.29, 1.82) is 0 Å². The Kier molecular flexibility index (Phi) is 6.52. The lowest BCUT2D eigenvalue weighted by Gasteiger charge is -2.31. The molecular formula is C18H22FN3O5S2. The molecule has 1 aromatic heterocycles. The molecule has 29 heavy (non-hydrogen) atoms. The lowest BCUT2D eigenvalue weighted by atomic mass is 9.99. The first-order chi connectivity index (χ1) is 13.7. The van der Waals surface area contributed by atoms with Crippen LogP contribution in [0.25, 0.3) is 0 Å². The van der Waals surface area contributed by atoms with Gasteiger partial charge in [-0.2, -0.15) is 4.31 Å². The van der Waals surface area contributed by atoms with E-state index < -0.39 is 25.9 Å². The van der Waals surface area contributed by atoms with E-state index >= 15 is 0 Å². The molecule has 0 spiro atoms. The van der Waals surface area contributed by atoms with Crippen molar-refractivity contribution in [3.05, 3.63) is 48.5 Å². The highest BCUT2D eigenvalue weighted by molar-refractivity contribution is 7.89. The fraction of sp³-hybridized carbons (Fsp3) is 0.389. The van der Waals surface area contributed by atoms with Gasteiger partial charge in [-0.25, -0.2) is 25.9 Å². The smallest absolute Gasteiger partial charge is 0.244 e. The molecular weight excluding hydrogens is 421 g/mol. The summed E-state index contributed by atoms with van der Waals surface area (Å²) in [4.78, 5) is 3.80. The van der Waals surface area contributed by atoms with Gasteiger partial charge >= 0.3 is 0 Å². The van der Waals surface area contributed by atoms with Gasteiger partial charge in [0.05, 0.1) is 12.0 Å². The molecule has 1 aromatic carbocycles. The number of rotatable bonds is 7. The summed E-state index contributed by atoms with van der Waals surface area (Å²) in [6.07, 6.45) is 3.84. The van der Waals surface area contributed by atoms with Crippen LogP contribution < -0.4 is 9.46 Å². The Morgan fingerprint density at radius 2 is 1.90 bits per heavy atom. The van der Waals surface area contributed by atoms with Gasteiger partial charge in [0.2, 0.25) is 20.0 Å². The number of hydrogen-bond donors (Lipinski definition) is 1. The zero-order valence-corrected chi connectivity index (χ0v) is 17.4. The molecule has 0 amide bonds. The van der Waals surface area contributed by atoms with E-state index in [1.807, 2.05) is 0 Å². The Labute approximate surface area is 169 Å². The molecule has 2 aromatic rings. The van der Waals surface area contributed by atoms with E-state index in [9.17, 15) is 21.2 Å². The molecule has 3 rings (SSSR count). The maximum Gasteiger partial charge on any atom is 0.244 e. The standard InChI is InChI=1S/C18H22FN3O5S2/c1-27-18-5-4-15(11-17(18)19)28(23,24)21-12-14-6-9-22(10-7-14)29(25,26)16-3-2-8-20-13-16/h2-5,8,11,13-14,21H,6-7,9-10,12H2,1H3. The monoisotopic (exact) mass is 443 g/mol. The van der Waals surface area contributed by atoms with E-state index in [-0.39, 0.29) is 28.0 Å². The quantitative estimate of drug-likeness (QED) is 0.697. The Morgan fingerprint density at radius 3 is 2.48 bits per heavy atom. The molecule has 11 heteroatoms. The molecule has 0 atom stereocenters. The van der Waals surface area contributed by atoms with Crippen molar-refractivity contribution in [2.45, 2.75) is 22.6 Å². The molecule has 0 unspecified atom stereocenters. The number of nitrogens with one attached hydrogen (secondary N) is 1. The third kappa shape index (κ3) is 4.92. The van der Waals surface area contributed by atoms with Gasteiger partial charge in [0.15, 0.2) is 11.6 Å². The Bertz CT molecular complexity index is 1050. The van der Waals surface area contributed by atoms with Crippen molar-refractivity contribution in [2.24, 2.45) is 5.92 Å². The minimum Gasteiger partial charge on any atom is -0.494 e. The predicted octanol–water partition coefficient (Wildman–Crippen LogP) is 1.61. The van der Waals surface area contributed by atoms with Gasteiger partial charge in [-0.15, -0.1) is 0 Å². The zero-order chi connectivity index (χ0) is 21.1. The number of hydrogen-bond acceptors (Lipinski definition) is 6. The van der Waals surface area contributed by atoms with Gasteiger partial charge in [0.1, 0.15) is 4.90 Å². The van der Waals surface area contributed by atoms with Crippen LogP contribution in [0.1, 0.15) is 12.8 Å². The summed E-state index contributed by atoms with van der Waals surface area (Å²) in [5.41, 5.74) is 0. The number of benzene rings is 1. The average Bonchev–Trinajstić information content (AvgIpc) is 2.73. The molecule has 0 radical (unpaired) electrons. The fourth-order valence-electron chi connectivity index (χ4n) is 3.13. The maximum absolute atomic E-state index is 13.8. The van der Waals surface area contributed by atoms with Crippen molar-refractivity contribution < 1.29 is 26.0 Å². The number of ether oxygens (including phenoxy) is 1. The van der Waals surface area contributed by atoms with Gasteiger partial charge < -0.3 is 4.74 Å². The van der Waals surface area contributed by atoms with Gasteiger partial charge in [-0.3, -0.25) is 4.98 Å². The van der Waals surface area contributed by atoms with Crippen LogP contribution in [0.3, 0.4) is 0 Å². The summed E-state index contributed by atoms with van der Waals surface area (Å²) in [6.45, 7) is 0.734. The maximum atomic E-state index is 13.8. The molecule has 158 valence electrons. The van der Waals surface area contributed by atoms with E-state index in [0.717, 1.165) is 6.07 Å². The summed E-state index contributed by atoms with van der Waals surface area (Å²) in [7, 11) is -6.18. The van der Waals surface area contributed by atoms with Crippen LogP contribution >= 0.6 is 0 Å². The molecule has 0 bridgehead atoms. The van der Waals surface area contributed by atoms with Crippen LogP contribution in [0.4, 0.5) is 4.39 Å². The van der Waals surface area contributed by atoms with Gasteiger partial charge in [-0.1, -0.05) is 0 Å². The van der Waals surface area contributed by atoms with E-state index in [4.69, 9.17) is 4.74 Å². The normalized spacial score (nSPS) is 16.6. The SMILES string of the molecule is COc1ccc(S(=O)(=O)NCC2CCN(S(=O)(=O)c3cccnc3)CC2)cc1F. The van der Waals surface area contributed by atoms with Crippen LogP contribution in [-0.4, -0.2) is 52.9 Å². The highest BCUT2D eigenvalue weighted by Gasteiger charge is 2.30. The molecule has 1 N–H and O–H groups in total. The predicted molar refractivity (Wildman–Crippen MR) is 104 cm³/mol. The highest BCUT2D eigenvalue weighted by Crippen LogP contribution is 2.24. The summed E-state index contributed by atoms with van der Waals surface area (Å²) < 4.78 is 72.5. The van der Waals surface area contributed by atoms with E-state index in [0.29, 0.717) is 25.9 Å². The molecule has 0 saturated carbocycles. The van der Waals surface area contributed by atoms with E-state index in [1.54, 1.807) is 6.07 Å². The Hall–Kier alpha value is -2.08. The second-order valence-corrected chi connectivity index (χ2v) is 10.4. The van der Waals surface area contributed by atoms with Crippen LogP contribution in [-0.2, 0) is 20.0 Å². The average molecular weight is 444 g/mol. The van der Waals surface area contributed by atoms with Crippen LogP contribution in [0, 0.1) is 11.7 Å². The minimum absolute atomic E-state index is 0.0202. The van der Waals surface area contributed by atoms with Gasteiger partial charge in [0.25, 0.3) is 0 Å². The number of nitrogens with zero attached hydrogens (tertiary/aromatic N) is 2. The first-order valence-electron chi connectivity index (χ1n) is 8.97. The lowest BCUT2D eigenvalue weighted by Crippen LogP contribution is -2.41. The molecule has 1 saturated heterocycles. The Morgan fingerprint density at radius 1 is 1.17 bits per heavy atom. The number of methoxy groups -OCH3 is 1. The largest absolute Gasteiger partial charge is 0.494 e. The third-order valence-electron chi connectivity index (χ3n) is 4.84. The first-order valence-corrected chi connectivity index (χ1v) is 11.9. The van der Waals surface area contributed by atoms with Crippen LogP contribution in [0.2, 0.25) is 0 Å². The summed E-state index contributed by atoms with van der Waals surface area (Å²) >= 11 is 0. The second-order valence-electron chi connectivity index (χ2n) is 6.68. The van der Waals surface area contributed by atoms with E-state index in [1.165, 1.54) is 42.0 Å². The molecule has 8 nitrogen and oxygen atoms in total. The van der Waals surface area contributed by atoms with Crippen molar-refractivity contribution in [1.82, 2.24) is 14.0 Å². The van der Waals surface area contributed by atoms with Crippen LogP contribution in [0.15, 0.2) is 52.5 Å². The van der Waals surface area contributed by atoms with Crippen molar-refractivity contribution in [3.63, 3.8) is 0 Å². The number of halogens is 1. The van der Waals surface area contributed by atoms with Crippen molar-refractivity contribution >= 4 is 20.0 Å². The number of piperidine rings is 1. The molecule has 1 aliphatic heterocycles. The lowest BCUT2D eigenvalue weighted by molar-refractivity contribution is 0.274. The summed E-state index contributed by atoms with van der Waals surface area (Å²) in [6, 6.07) is 6.50.